The van der Waals surface area contributed by atoms with Crippen LogP contribution in [-0.4, -0.2) is 0 Å². The van der Waals surface area contributed by atoms with Crippen LogP contribution in [0.2, 0.25) is 0 Å². The molecule has 150 heavy (non-hydrogen) atoms. The molecule has 4 nitrogen and oxygen atoms in total. The summed E-state index contributed by atoms with van der Waals surface area (Å²) >= 11 is 0. The van der Waals surface area contributed by atoms with Gasteiger partial charge in [0.05, 0.1) is 45.3 Å². The zero-order valence-corrected chi connectivity index (χ0v) is 81.2. The molecule has 0 unspecified atom stereocenters. The van der Waals surface area contributed by atoms with Crippen molar-refractivity contribution in [2.45, 2.75) is 40.0 Å². The van der Waals surface area contributed by atoms with Gasteiger partial charge in [0.25, 0.3) is 0 Å². The van der Waals surface area contributed by atoms with Gasteiger partial charge in [-0.1, -0.05) is 243 Å². The molecule has 24 aromatic rings. The number of benzene rings is 24. The molecule has 0 saturated carbocycles. The van der Waals surface area contributed by atoms with Gasteiger partial charge in [0, 0.05) is 55.7 Å². The van der Waals surface area contributed by atoms with E-state index in [0.717, 1.165) is 168 Å². The standard InChI is InChI=1S/C68H50F2N2.C66H38F10N2/c1-43-17-5-9-21-55(43)49-37-50(56-22-10-6-18-44(56)2)40-53(39-49)71(65-27-15-13-25-61(65)69)63-35-31-47-30-34-60-64(36-32-48-29-33-59(63)67(47)68(48)60)72(66-28-16-14-26-62(66)70)54-41-51(57-23-11-7-19-45(57)3)38-52(42-54)58-24-12-8-20-46(58)4;67-51-9-1-5-41(31-51)45-29-46(42-6-2-10-52(68)32-42)36-57(35-45)77(55-21-17-49(18-22-55)65(71,72)73)61-27-15-39-14-26-60-62(28-16-40-13-25-59(61)63(39)64(40)60)78(56-23-19-50(20-24-56)66(74,75)76)58-37-47(43-7-3-11-53(69)33-43)30-48(38-58)44-8-4-12-54(70)34-44/h5-42H,1-4H3;1-38H. The average Bonchev–Trinajstić information content (AvgIpc) is 0.718. The predicted molar refractivity (Wildman–Crippen MR) is 591 cm³/mol. The zero-order chi connectivity index (χ0) is 103. The topological polar surface area (TPSA) is 13.0 Å². The highest BCUT2D eigenvalue weighted by Gasteiger charge is 2.35. The molecule has 0 radical (unpaired) electrons. The number of halogens is 12. The van der Waals surface area contributed by atoms with Crippen molar-refractivity contribution in [1.29, 1.82) is 0 Å². The van der Waals surface area contributed by atoms with E-state index in [1.165, 1.54) is 84.9 Å². The average molecular weight is 1980 g/mol. The maximum atomic E-state index is 16.7. The van der Waals surface area contributed by atoms with Crippen molar-refractivity contribution >= 4 is 133 Å². The Bertz CT molecular complexity index is 8570. The summed E-state index contributed by atoms with van der Waals surface area (Å²) in [5.74, 6) is -2.66. The molecule has 0 atom stereocenters. The van der Waals surface area contributed by atoms with Gasteiger partial charge in [-0.15, -0.1) is 0 Å². The lowest BCUT2D eigenvalue weighted by Crippen LogP contribution is -2.13. The van der Waals surface area contributed by atoms with E-state index in [0.29, 0.717) is 101 Å². The summed E-state index contributed by atoms with van der Waals surface area (Å²) < 4.78 is 178. The van der Waals surface area contributed by atoms with Gasteiger partial charge in [-0.3, -0.25) is 0 Å². The molecule has 0 amide bonds. The quantitative estimate of drug-likeness (QED) is 0.0557. The Balaban J connectivity index is 0.000000165. The predicted octanol–water partition coefficient (Wildman–Crippen LogP) is 40.5. The lowest BCUT2D eigenvalue weighted by Gasteiger charge is -2.30. The van der Waals surface area contributed by atoms with E-state index in [1.807, 2.05) is 72.8 Å². The van der Waals surface area contributed by atoms with Crippen molar-refractivity contribution in [3.63, 3.8) is 0 Å². The Hall–Kier alpha value is -18.3. The van der Waals surface area contributed by atoms with E-state index in [2.05, 4.69) is 219 Å². The fraction of sp³-hybridized carbons (Fsp3) is 0.0448. The minimum absolute atomic E-state index is 0.331. The number of nitrogens with zero attached hydrogens (tertiary/aromatic N) is 4. The van der Waals surface area contributed by atoms with E-state index in [1.54, 1.807) is 107 Å². The van der Waals surface area contributed by atoms with Crippen molar-refractivity contribution in [2.75, 3.05) is 19.6 Å². The monoisotopic (exact) mass is 1980 g/mol. The number of rotatable bonds is 20. The summed E-state index contributed by atoms with van der Waals surface area (Å²) in [6, 6.07) is 137. The summed E-state index contributed by atoms with van der Waals surface area (Å²) in [5, 5.41) is 10.5. The number of alkyl halides is 6. The second kappa shape index (κ2) is 38.9. The number of para-hydroxylation sites is 2. The second-order valence-corrected chi connectivity index (χ2v) is 37.9. The first kappa shape index (κ1) is 95.3. The molecule has 0 heterocycles. The molecule has 0 bridgehead atoms. The van der Waals surface area contributed by atoms with Crippen molar-refractivity contribution in [2.24, 2.45) is 0 Å². The van der Waals surface area contributed by atoms with Crippen LogP contribution in [0.3, 0.4) is 0 Å². The molecule has 24 rings (SSSR count). The van der Waals surface area contributed by atoms with E-state index >= 15 is 8.78 Å². The van der Waals surface area contributed by atoms with E-state index in [-0.39, 0.29) is 11.6 Å². The fourth-order valence-electron chi connectivity index (χ4n) is 21.4. The van der Waals surface area contributed by atoms with Gasteiger partial charge in [0.15, 0.2) is 0 Å². The molecule has 0 N–H and O–H groups in total. The van der Waals surface area contributed by atoms with Crippen LogP contribution in [0.25, 0.3) is 154 Å². The zero-order valence-electron chi connectivity index (χ0n) is 81.2. The van der Waals surface area contributed by atoms with Crippen LogP contribution in [0.4, 0.5) is 121 Å². The van der Waals surface area contributed by atoms with Crippen LogP contribution in [0, 0.1) is 62.6 Å². The van der Waals surface area contributed by atoms with Crippen LogP contribution in [-0.2, 0) is 12.4 Å². The Morgan fingerprint density at radius 3 is 0.647 bits per heavy atom. The van der Waals surface area contributed by atoms with Crippen LogP contribution >= 0.6 is 0 Å². The molecular formula is C134H88F12N4. The van der Waals surface area contributed by atoms with Gasteiger partial charge < -0.3 is 19.6 Å². The minimum atomic E-state index is -4.65. The molecule has 0 fully saturated rings. The molecule has 24 aromatic carbocycles. The Morgan fingerprint density at radius 1 is 0.167 bits per heavy atom. The largest absolute Gasteiger partial charge is 0.416 e. The lowest BCUT2D eigenvalue weighted by molar-refractivity contribution is -0.138. The highest BCUT2D eigenvalue weighted by molar-refractivity contribution is 6.30. The molecule has 0 aliphatic rings. The first-order chi connectivity index (χ1) is 72.7. The summed E-state index contributed by atoms with van der Waals surface area (Å²) in [6.45, 7) is 8.54. The van der Waals surface area contributed by atoms with Gasteiger partial charge in [-0.05, 0) is 400 Å². The van der Waals surface area contributed by atoms with E-state index < -0.39 is 46.7 Å². The maximum Gasteiger partial charge on any atom is 0.416 e. The molecule has 0 aromatic heterocycles. The first-order valence-corrected chi connectivity index (χ1v) is 49.1. The molecular weight excluding hydrogens is 1890 g/mol. The van der Waals surface area contributed by atoms with Crippen molar-refractivity contribution in [3.05, 3.63) is 529 Å². The van der Waals surface area contributed by atoms with Crippen molar-refractivity contribution in [1.82, 2.24) is 0 Å². The Labute approximate surface area is 858 Å². The SMILES string of the molecule is Cc1ccccc1-c1cc(-c2ccccc2C)cc(N(c2ccccc2F)c2ccc3ccc4c(N(c5cc(-c6ccccc6C)cc(-c6ccccc6C)c5)c5ccccc5F)ccc5ccc2c3c54)c1.Fc1cccc(-c2cc(-c3cccc(F)c3)cc(N(c3ccc(C(F)(F)F)cc3)c3ccc4ccc5c(N(c6ccc(C(F)(F)F)cc6)c6cc(-c7cccc(F)c7)cc(-c7cccc(F)c7)c6)ccc6ccc3c4c65)c2)c1. The smallest absolute Gasteiger partial charge is 0.310 e. The highest BCUT2D eigenvalue weighted by Crippen LogP contribution is 2.55. The third-order valence-corrected chi connectivity index (χ3v) is 28.5. The van der Waals surface area contributed by atoms with Gasteiger partial charge in [0.1, 0.15) is 34.9 Å². The van der Waals surface area contributed by atoms with Gasteiger partial charge in [-0.2, -0.15) is 26.3 Å². The molecule has 0 spiro atoms. The van der Waals surface area contributed by atoms with Gasteiger partial charge in [-0.25, -0.2) is 26.3 Å². The van der Waals surface area contributed by atoms with Crippen LogP contribution in [0.1, 0.15) is 33.4 Å². The highest BCUT2D eigenvalue weighted by atomic mass is 19.4. The van der Waals surface area contributed by atoms with Gasteiger partial charge in [0.2, 0.25) is 0 Å². The normalized spacial score (nSPS) is 11.7. The number of aryl methyl sites for hydroxylation is 4. The molecule has 0 aliphatic heterocycles. The third-order valence-electron chi connectivity index (χ3n) is 28.5. The number of hydrogen-bond donors (Lipinski definition) is 0. The first-order valence-electron chi connectivity index (χ1n) is 49.1. The minimum Gasteiger partial charge on any atom is -0.310 e. The van der Waals surface area contributed by atoms with Gasteiger partial charge >= 0.3 is 12.4 Å². The summed E-state index contributed by atoms with van der Waals surface area (Å²) in [4.78, 5) is 7.78. The second-order valence-electron chi connectivity index (χ2n) is 37.9. The van der Waals surface area contributed by atoms with Crippen LogP contribution < -0.4 is 19.6 Å². The maximum absolute atomic E-state index is 16.7. The van der Waals surface area contributed by atoms with Crippen molar-refractivity contribution in [3.8, 4) is 89.0 Å². The lowest BCUT2D eigenvalue weighted by atomic mass is 9.90. The molecule has 0 aliphatic carbocycles. The third kappa shape index (κ3) is 18.2. The van der Waals surface area contributed by atoms with E-state index in [9.17, 15) is 43.9 Å². The Morgan fingerprint density at radius 2 is 0.393 bits per heavy atom. The Kier molecular flexibility index (Phi) is 24.7. The van der Waals surface area contributed by atoms with Crippen LogP contribution in [0.15, 0.2) is 461 Å². The molecule has 16 heteroatoms. The van der Waals surface area contributed by atoms with Crippen molar-refractivity contribution < 1.29 is 52.7 Å². The van der Waals surface area contributed by atoms with E-state index in [4.69, 9.17) is 0 Å². The number of hydrogen-bond acceptors (Lipinski definition) is 4. The summed E-state index contributed by atoms with van der Waals surface area (Å²) in [7, 11) is 0. The summed E-state index contributed by atoms with van der Waals surface area (Å²) in [5.41, 5.74) is 22.4. The molecule has 0 saturated heterocycles. The molecule has 728 valence electrons. The van der Waals surface area contributed by atoms with Crippen LogP contribution in [0.5, 0.6) is 0 Å². The fourth-order valence-corrected chi connectivity index (χ4v) is 21.4. The summed E-state index contributed by atoms with van der Waals surface area (Å²) in [6.07, 6.45) is -9.29. The number of anilines is 12.